The SMILES string of the molecule is Bc1ccccc1Nc1nsnc1Nc1cccc(C(=O)N2CCCCC2)c1O. The zero-order valence-electron chi connectivity index (χ0n) is 16.2. The summed E-state index contributed by atoms with van der Waals surface area (Å²) in [6.45, 7) is 1.47. The van der Waals surface area contributed by atoms with Gasteiger partial charge in [-0.2, -0.15) is 8.75 Å². The van der Waals surface area contributed by atoms with Crippen LogP contribution in [0.2, 0.25) is 0 Å². The van der Waals surface area contributed by atoms with E-state index in [0.717, 1.165) is 55.2 Å². The van der Waals surface area contributed by atoms with Crippen molar-refractivity contribution in [2.24, 2.45) is 0 Å². The van der Waals surface area contributed by atoms with Crippen molar-refractivity contribution < 1.29 is 9.90 Å². The Morgan fingerprint density at radius 1 is 0.966 bits per heavy atom. The van der Waals surface area contributed by atoms with E-state index in [9.17, 15) is 9.90 Å². The van der Waals surface area contributed by atoms with Gasteiger partial charge in [-0.05, 0) is 37.5 Å². The molecule has 3 N–H and O–H groups in total. The lowest BCUT2D eigenvalue weighted by Crippen LogP contribution is -2.35. The molecule has 3 aromatic rings. The van der Waals surface area contributed by atoms with Gasteiger partial charge in [-0.3, -0.25) is 4.79 Å². The topological polar surface area (TPSA) is 90.4 Å². The van der Waals surface area contributed by atoms with Crippen LogP contribution >= 0.6 is 11.7 Å². The van der Waals surface area contributed by atoms with Gasteiger partial charge in [0.25, 0.3) is 5.91 Å². The van der Waals surface area contributed by atoms with Gasteiger partial charge in [0, 0.05) is 18.8 Å². The van der Waals surface area contributed by atoms with E-state index in [0.29, 0.717) is 22.9 Å². The molecular weight excluding hydrogens is 385 g/mol. The molecule has 0 radical (unpaired) electrons. The Balaban J connectivity index is 1.56. The first-order chi connectivity index (χ1) is 14.1. The van der Waals surface area contributed by atoms with Gasteiger partial charge < -0.3 is 20.6 Å². The third kappa shape index (κ3) is 4.19. The van der Waals surface area contributed by atoms with E-state index in [1.54, 1.807) is 23.1 Å². The number of rotatable bonds is 5. The third-order valence-electron chi connectivity index (χ3n) is 5.05. The van der Waals surface area contributed by atoms with Crippen LogP contribution in [0.25, 0.3) is 0 Å². The maximum absolute atomic E-state index is 12.8. The number of carbonyl (C=O) groups is 1. The number of nitrogens with zero attached hydrogens (tertiary/aromatic N) is 3. The summed E-state index contributed by atoms with van der Waals surface area (Å²) >= 11 is 1.07. The molecule has 9 heteroatoms. The summed E-state index contributed by atoms with van der Waals surface area (Å²) in [5.74, 6) is 0.853. The van der Waals surface area contributed by atoms with Crippen molar-refractivity contribution >= 4 is 54.0 Å². The van der Waals surface area contributed by atoms with Crippen LogP contribution < -0.4 is 16.1 Å². The Hall–Kier alpha value is -3.07. The summed E-state index contributed by atoms with van der Waals surface area (Å²) in [6.07, 6.45) is 3.15. The van der Waals surface area contributed by atoms with Gasteiger partial charge in [0.15, 0.2) is 17.4 Å². The molecule has 29 heavy (non-hydrogen) atoms. The fourth-order valence-electron chi connectivity index (χ4n) is 3.41. The average Bonchev–Trinajstić information content (AvgIpc) is 3.18. The van der Waals surface area contributed by atoms with Crippen molar-refractivity contribution in [2.45, 2.75) is 19.3 Å². The van der Waals surface area contributed by atoms with Gasteiger partial charge in [0.1, 0.15) is 7.85 Å². The van der Waals surface area contributed by atoms with E-state index in [-0.39, 0.29) is 11.7 Å². The van der Waals surface area contributed by atoms with Gasteiger partial charge in [0.05, 0.1) is 23.0 Å². The highest BCUT2D eigenvalue weighted by Crippen LogP contribution is 2.33. The van der Waals surface area contributed by atoms with Crippen molar-refractivity contribution in [3.63, 3.8) is 0 Å². The highest BCUT2D eigenvalue weighted by Gasteiger charge is 2.22. The number of likely N-dealkylation sites (tertiary alicyclic amines) is 1. The Morgan fingerprint density at radius 2 is 1.62 bits per heavy atom. The molecule has 148 valence electrons. The minimum atomic E-state index is -0.138. The summed E-state index contributed by atoms with van der Waals surface area (Å²) in [6, 6.07) is 13.0. The maximum Gasteiger partial charge on any atom is 0.257 e. The number of hydrogen-bond donors (Lipinski definition) is 3. The van der Waals surface area contributed by atoms with Crippen molar-refractivity contribution in [1.29, 1.82) is 0 Å². The number of benzene rings is 2. The van der Waals surface area contributed by atoms with E-state index < -0.39 is 0 Å². The van der Waals surface area contributed by atoms with E-state index in [1.165, 1.54) is 0 Å². The highest BCUT2D eigenvalue weighted by atomic mass is 32.1. The number of hydrogen-bond acceptors (Lipinski definition) is 7. The smallest absolute Gasteiger partial charge is 0.257 e. The number of aromatic hydroxyl groups is 1. The number of piperidine rings is 1. The summed E-state index contributed by atoms with van der Waals surface area (Å²) in [5, 5.41) is 17.1. The summed E-state index contributed by atoms with van der Waals surface area (Å²) in [4.78, 5) is 14.6. The molecule has 2 aromatic carbocycles. The number of phenolic OH excluding ortho intramolecular Hbond substituents is 1. The van der Waals surface area contributed by atoms with Gasteiger partial charge in [-0.25, -0.2) is 0 Å². The lowest BCUT2D eigenvalue weighted by atomic mass is 9.94. The van der Waals surface area contributed by atoms with Crippen LogP contribution in [0, 0.1) is 0 Å². The Bertz CT molecular complexity index is 1020. The van der Waals surface area contributed by atoms with Crippen LogP contribution in [0.15, 0.2) is 42.5 Å². The van der Waals surface area contributed by atoms with Crippen LogP contribution in [-0.4, -0.2) is 45.6 Å². The molecule has 0 unspecified atom stereocenters. The van der Waals surface area contributed by atoms with Gasteiger partial charge in [-0.15, -0.1) is 0 Å². The molecule has 7 nitrogen and oxygen atoms in total. The monoisotopic (exact) mass is 407 g/mol. The van der Waals surface area contributed by atoms with E-state index in [2.05, 4.69) is 19.4 Å². The molecule has 1 aliphatic rings. The first-order valence-electron chi connectivity index (χ1n) is 9.67. The molecular formula is C20H22BN5O2S. The van der Waals surface area contributed by atoms with E-state index >= 15 is 0 Å². The number of amides is 1. The van der Waals surface area contributed by atoms with Crippen molar-refractivity contribution in [2.75, 3.05) is 23.7 Å². The molecule has 4 rings (SSSR count). The second-order valence-electron chi connectivity index (χ2n) is 7.08. The number of anilines is 4. The average molecular weight is 407 g/mol. The zero-order valence-corrected chi connectivity index (χ0v) is 17.0. The minimum absolute atomic E-state index is 0.0714. The molecule has 1 amide bonds. The van der Waals surface area contributed by atoms with Gasteiger partial charge in [0.2, 0.25) is 0 Å². The number of phenols is 1. The first-order valence-corrected chi connectivity index (χ1v) is 10.4. The number of aromatic nitrogens is 2. The Labute approximate surface area is 174 Å². The Morgan fingerprint density at radius 3 is 2.34 bits per heavy atom. The van der Waals surface area contributed by atoms with E-state index in [4.69, 9.17) is 0 Å². The number of carbonyl (C=O) groups excluding carboxylic acids is 1. The van der Waals surface area contributed by atoms with Crippen LogP contribution in [0.5, 0.6) is 5.75 Å². The highest BCUT2D eigenvalue weighted by molar-refractivity contribution is 6.99. The summed E-state index contributed by atoms with van der Waals surface area (Å²) in [5.41, 5.74) is 2.74. The largest absolute Gasteiger partial charge is 0.505 e. The predicted molar refractivity (Wildman–Crippen MR) is 119 cm³/mol. The second-order valence-corrected chi connectivity index (χ2v) is 7.61. The molecule has 1 saturated heterocycles. The van der Waals surface area contributed by atoms with Crippen molar-refractivity contribution in [1.82, 2.24) is 13.6 Å². The van der Waals surface area contributed by atoms with Gasteiger partial charge in [-0.1, -0.05) is 29.7 Å². The summed E-state index contributed by atoms with van der Waals surface area (Å²) in [7, 11) is 2.01. The van der Waals surface area contributed by atoms with E-state index in [1.807, 2.05) is 32.1 Å². The fraction of sp³-hybridized carbons (Fsp3) is 0.250. The minimum Gasteiger partial charge on any atom is -0.505 e. The molecule has 0 saturated carbocycles. The van der Waals surface area contributed by atoms with Gasteiger partial charge >= 0.3 is 0 Å². The molecule has 0 spiro atoms. The zero-order chi connectivity index (χ0) is 20.2. The molecule has 0 atom stereocenters. The molecule has 1 aromatic heterocycles. The lowest BCUT2D eigenvalue weighted by Gasteiger charge is -2.27. The first kappa shape index (κ1) is 19.3. The standard InChI is InChI=1S/C20H22BN5O2S/c21-14-8-2-3-9-15(14)22-18-19(25-29-24-18)23-16-10-6-7-13(17(16)27)20(28)26-11-4-1-5-12-26/h2-3,6-10,27H,1,4-5,11-12,21H2,(H,22,24)(H,23,25). The van der Waals surface area contributed by atoms with Crippen LogP contribution in [-0.2, 0) is 0 Å². The van der Waals surface area contributed by atoms with Crippen LogP contribution in [0.4, 0.5) is 23.0 Å². The molecule has 0 bridgehead atoms. The number of nitrogens with one attached hydrogen (secondary N) is 2. The molecule has 2 heterocycles. The normalized spacial score (nSPS) is 13.9. The van der Waals surface area contributed by atoms with Crippen molar-refractivity contribution in [3.8, 4) is 5.75 Å². The molecule has 1 fully saturated rings. The Kier molecular flexibility index (Phi) is 5.66. The second kappa shape index (κ2) is 8.52. The summed E-state index contributed by atoms with van der Waals surface area (Å²) < 4.78 is 8.60. The van der Waals surface area contributed by atoms with Crippen LogP contribution in [0.3, 0.4) is 0 Å². The van der Waals surface area contributed by atoms with Crippen LogP contribution in [0.1, 0.15) is 29.6 Å². The lowest BCUT2D eigenvalue weighted by molar-refractivity contribution is 0.0721. The number of para-hydroxylation sites is 2. The third-order valence-corrected chi connectivity index (χ3v) is 5.58. The molecule has 1 aliphatic heterocycles. The fourth-order valence-corrected chi connectivity index (χ4v) is 3.87. The van der Waals surface area contributed by atoms with Crippen molar-refractivity contribution in [3.05, 3.63) is 48.0 Å². The molecule has 0 aliphatic carbocycles. The predicted octanol–water partition coefficient (Wildman–Crippen LogP) is 2.62. The maximum atomic E-state index is 12.8. The quantitative estimate of drug-likeness (QED) is 0.445.